The Hall–Kier alpha value is -1.22. The summed E-state index contributed by atoms with van der Waals surface area (Å²) in [6.45, 7) is 8.49. The molecule has 1 fully saturated rings. The highest BCUT2D eigenvalue weighted by atomic mass is 16.5. The average Bonchev–Trinajstić information content (AvgIpc) is 2.86. The van der Waals surface area contributed by atoms with Gasteiger partial charge in [0.15, 0.2) is 0 Å². The Bertz CT molecular complexity index is 327. The number of anilines is 1. The first kappa shape index (κ1) is 12.2. The lowest BCUT2D eigenvalue weighted by Gasteiger charge is -2.21. The summed E-state index contributed by atoms with van der Waals surface area (Å²) in [5.41, 5.74) is 1.27. The maximum absolute atomic E-state index is 5.90. The van der Waals surface area contributed by atoms with Crippen LogP contribution in [0, 0.1) is 0 Å². The zero-order chi connectivity index (χ0) is 12.1. The molecule has 0 radical (unpaired) electrons. The van der Waals surface area contributed by atoms with Crippen molar-refractivity contribution in [2.75, 3.05) is 31.1 Å². The minimum absolute atomic E-state index is 0.342. The molecule has 1 saturated heterocycles. The fourth-order valence-corrected chi connectivity index (χ4v) is 2.25. The second kappa shape index (κ2) is 5.92. The van der Waals surface area contributed by atoms with Crippen LogP contribution in [0.5, 0.6) is 5.75 Å². The summed E-state index contributed by atoms with van der Waals surface area (Å²) >= 11 is 0. The molecule has 0 aromatic heterocycles. The molecule has 1 N–H and O–H groups in total. The fourth-order valence-electron chi connectivity index (χ4n) is 2.25. The zero-order valence-electron chi connectivity index (χ0n) is 10.8. The van der Waals surface area contributed by atoms with E-state index in [1.165, 1.54) is 5.69 Å². The Kier molecular flexibility index (Phi) is 4.26. The highest BCUT2D eigenvalue weighted by Gasteiger charge is 2.15. The summed E-state index contributed by atoms with van der Waals surface area (Å²) < 4.78 is 5.90. The predicted molar refractivity (Wildman–Crippen MR) is 71.9 cm³/mol. The molecule has 1 unspecified atom stereocenters. The first-order chi connectivity index (χ1) is 8.33. The van der Waals surface area contributed by atoms with E-state index in [4.69, 9.17) is 4.74 Å². The summed E-state index contributed by atoms with van der Waals surface area (Å²) in [4.78, 5) is 2.33. The summed E-state index contributed by atoms with van der Waals surface area (Å²) in [7, 11) is 0. The van der Waals surface area contributed by atoms with Gasteiger partial charge >= 0.3 is 0 Å². The maximum Gasteiger partial charge on any atom is 0.119 e. The van der Waals surface area contributed by atoms with Crippen molar-refractivity contribution in [2.45, 2.75) is 26.4 Å². The topological polar surface area (TPSA) is 24.5 Å². The maximum atomic E-state index is 5.90. The van der Waals surface area contributed by atoms with Gasteiger partial charge in [-0.05, 0) is 51.1 Å². The Morgan fingerprint density at radius 3 is 2.47 bits per heavy atom. The van der Waals surface area contributed by atoms with Crippen LogP contribution in [0.4, 0.5) is 5.69 Å². The number of nitrogens with zero attached hydrogens (tertiary/aromatic N) is 1. The SMILES string of the molecule is CCN(CC)c1ccc(OC2CCNC2)cc1. The lowest BCUT2D eigenvalue weighted by atomic mass is 10.2. The predicted octanol–water partition coefficient (Wildman–Crippen LogP) is 2.27. The normalized spacial score (nSPS) is 19.3. The molecular formula is C14H22N2O. The summed E-state index contributed by atoms with van der Waals surface area (Å²) in [5.74, 6) is 0.981. The van der Waals surface area contributed by atoms with E-state index in [0.29, 0.717) is 6.10 Å². The van der Waals surface area contributed by atoms with E-state index in [1.807, 2.05) is 0 Å². The van der Waals surface area contributed by atoms with Gasteiger partial charge in [-0.15, -0.1) is 0 Å². The molecule has 0 amide bonds. The van der Waals surface area contributed by atoms with Gasteiger partial charge < -0.3 is 15.0 Å². The monoisotopic (exact) mass is 234 g/mol. The van der Waals surface area contributed by atoms with E-state index < -0.39 is 0 Å². The summed E-state index contributed by atoms with van der Waals surface area (Å²) in [6, 6.07) is 8.44. The van der Waals surface area contributed by atoms with Crippen LogP contribution in [0.3, 0.4) is 0 Å². The quantitative estimate of drug-likeness (QED) is 0.846. The number of hydrogen-bond acceptors (Lipinski definition) is 3. The highest BCUT2D eigenvalue weighted by Crippen LogP contribution is 2.21. The van der Waals surface area contributed by atoms with Crippen LogP contribution in [0.2, 0.25) is 0 Å². The molecule has 1 heterocycles. The third-order valence-electron chi connectivity index (χ3n) is 3.28. The second-order valence-electron chi connectivity index (χ2n) is 4.40. The van der Waals surface area contributed by atoms with Gasteiger partial charge in [0.2, 0.25) is 0 Å². The number of nitrogens with one attached hydrogen (secondary N) is 1. The van der Waals surface area contributed by atoms with Gasteiger partial charge in [0, 0.05) is 25.3 Å². The van der Waals surface area contributed by atoms with Crippen LogP contribution in [0.15, 0.2) is 24.3 Å². The van der Waals surface area contributed by atoms with Gasteiger partial charge in [0.25, 0.3) is 0 Å². The van der Waals surface area contributed by atoms with E-state index in [2.05, 4.69) is 48.3 Å². The molecule has 0 saturated carbocycles. The standard InChI is InChI=1S/C14H22N2O/c1-3-16(4-2)12-5-7-13(8-6-12)17-14-9-10-15-11-14/h5-8,14-15H,3-4,9-11H2,1-2H3. The third kappa shape index (κ3) is 3.13. The molecule has 0 bridgehead atoms. The van der Waals surface area contributed by atoms with Crippen LogP contribution in [-0.4, -0.2) is 32.3 Å². The van der Waals surface area contributed by atoms with Gasteiger partial charge in [-0.25, -0.2) is 0 Å². The largest absolute Gasteiger partial charge is 0.489 e. The molecule has 3 nitrogen and oxygen atoms in total. The fraction of sp³-hybridized carbons (Fsp3) is 0.571. The van der Waals surface area contributed by atoms with Crippen molar-refractivity contribution in [1.82, 2.24) is 5.32 Å². The molecule has 2 rings (SSSR count). The van der Waals surface area contributed by atoms with Crippen LogP contribution >= 0.6 is 0 Å². The van der Waals surface area contributed by atoms with Gasteiger partial charge in [-0.2, -0.15) is 0 Å². The second-order valence-corrected chi connectivity index (χ2v) is 4.40. The molecule has 1 atom stereocenters. The molecule has 0 aliphatic carbocycles. The van der Waals surface area contributed by atoms with Gasteiger partial charge in [-0.1, -0.05) is 0 Å². The van der Waals surface area contributed by atoms with Crippen molar-refractivity contribution in [1.29, 1.82) is 0 Å². The van der Waals surface area contributed by atoms with Gasteiger partial charge in [0.05, 0.1) is 0 Å². The average molecular weight is 234 g/mol. The van der Waals surface area contributed by atoms with Crippen molar-refractivity contribution in [3.8, 4) is 5.75 Å². The lowest BCUT2D eigenvalue weighted by molar-refractivity contribution is 0.223. The minimum atomic E-state index is 0.342. The lowest BCUT2D eigenvalue weighted by Crippen LogP contribution is -2.22. The smallest absolute Gasteiger partial charge is 0.119 e. The van der Waals surface area contributed by atoms with Crippen molar-refractivity contribution in [2.24, 2.45) is 0 Å². The summed E-state index contributed by atoms with van der Waals surface area (Å²) in [6.07, 6.45) is 1.45. The Balaban J connectivity index is 1.96. The molecular weight excluding hydrogens is 212 g/mol. The Morgan fingerprint density at radius 1 is 1.24 bits per heavy atom. The molecule has 3 heteroatoms. The van der Waals surface area contributed by atoms with E-state index in [9.17, 15) is 0 Å². The van der Waals surface area contributed by atoms with Crippen molar-refractivity contribution >= 4 is 5.69 Å². The van der Waals surface area contributed by atoms with E-state index in [1.54, 1.807) is 0 Å². The van der Waals surface area contributed by atoms with Crippen LogP contribution in [0.1, 0.15) is 20.3 Å². The third-order valence-corrected chi connectivity index (χ3v) is 3.28. The molecule has 0 spiro atoms. The number of ether oxygens (including phenoxy) is 1. The number of rotatable bonds is 5. The molecule has 1 aromatic carbocycles. The van der Waals surface area contributed by atoms with E-state index >= 15 is 0 Å². The highest BCUT2D eigenvalue weighted by molar-refractivity contribution is 5.48. The Labute approximate surface area is 104 Å². The minimum Gasteiger partial charge on any atom is -0.489 e. The van der Waals surface area contributed by atoms with Crippen molar-refractivity contribution < 1.29 is 4.74 Å². The van der Waals surface area contributed by atoms with Crippen LogP contribution in [0.25, 0.3) is 0 Å². The number of benzene rings is 1. The van der Waals surface area contributed by atoms with Crippen molar-refractivity contribution in [3.63, 3.8) is 0 Å². The van der Waals surface area contributed by atoms with E-state index in [0.717, 1.165) is 38.3 Å². The number of hydrogen-bond donors (Lipinski definition) is 1. The summed E-state index contributed by atoms with van der Waals surface area (Å²) in [5, 5.41) is 3.31. The van der Waals surface area contributed by atoms with Crippen LogP contribution in [-0.2, 0) is 0 Å². The molecule has 17 heavy (non-hydrogen) atoms. The van der Waals surface area contributed by atoms with Crippen molar-refractivity contribution in [3.05, 3.63) is 24.3 Å². The van der Waals surface area contributed by atoms with Gasteiger partial charge in [-0.3, -0.25) is 0 Å². The molecule has 1 aliphatic heterocycles. The molecule has 1 aromatic rings. The van der Waals surface area contributed by atoms with Crippen LogP contribution < -0.4 is 15.0 Å². The zero-order valence-corrected chi connectivity index (χ0v) is 10.8. The Morgan fingerprint density at radius 2 is 1.94 bits per heavy atom. The van der Waals surface area contributed by atoms with E-state index in [-0.39, 0.29) is 0 Å². The molecule has 94 valence electrons. The molecule has 1 aliphatic rings. The first-order valence-electron chi connectivity index (χ1n) is 6.56. The van der Waals surface area contributed by atoms with Gasteiger partial charge in [0.1, 0.15) is 11.9 Å². The first-order valence-corrected chi connectivity index (χ1v) is 6.56.